The number of carboxylic acid groups (broad SMARTS) is 1. The summed E-state index contributed by atoms with van der Waals surface area (Å²) in [5.41, 5.74) is -0.532. The smallest absolute Gasteiger partial charge is 0.332 e. The molecule has 0 spiro atoms. The summed E-state index contributed by atoms with van der Waals surface area (Å²) in [6, 6.07) is 3.86. The van der Waals surface area contributed by atoms with Crippen LogP contribution in [0.25, 0.3) is 0 Å². The molecule has 0 aromatic heterocycles. The largest absolute Gasteiger partial charge is 0.479 e. The van der Waals surface area contributed by atoms with Crippen LogP contribution >= 0.6 is 0 Å². The third-order valence-electron chi connectivity index (χ3n) is 3.93. The van der Waals surface area contributed by atoms with Crippen molar-refractivity contribution >= 4 is 11.9 Å². The lowest BCUT2D eigenvalue weighted by atomic mass is 9.96. The van der Waals surface area contributed by atoms with Crippen LogP contribution in [0.3, 0.4) is 0 Å². The molecular weight excluding hydrogens is 277 g/mol. The molecule has 0 aliphatic carbocycles. The number of rotatable bonds is 4. The second-order valence-electron chi connectivity index (χ2n) is 5.29. The van der Waals surface area contributed by atoms with Gasteiger partial charge < -0.3 is 14.7 Å². The van der Waals surface area contributed by atoms with Gasteiger partial charge in [-0.1, -0.05) is 0 Å². The predicted molar refractivity (Wildman–Crippen MR) is 73.7 cm³/mol. The van der Waals surface area contributed by atoms with E-state index in [2.05, 4.69) is 0 Å². The molecule has 1 N–H and O–H groups in total. The molecule has 2 rings (SSSR count). The SMILES string of the molecule is COCC1(C(=O)O)CCCN1C(=O)c1ccc(F)cc1C. The second kappa shape index (κ2) is 5.81. The van der Waals surface area contributed by atoms with Gasteiger partial charge in [0.1, 0.15) is 5.82 Å². The van der Waals surface area contributed by atoms with Crippen molar-refractivity contribution in [3.8, 4) is 0 Å². The fraction of sp³-hybridized carbons (Fsp3) is 0.467. The first-order valence-corrected chi connectivity index (χ1v) is 6.73. The van der Waals surface area contributed by atoms with Crippen molar-refractivity contribution in [1.29, 1.82) is 0 Å². The number of ether oxygens (including phenoxy) is 1. The van der Waals surface area contributed by atoms with Gasteiger partial charge >= 0.3 is 5.97 Å². The molecule has 1 aromatic rings. The van der Waals surface area contributed by atoms with E-state index in [0.717, 1.165) is 0 Å². The van der Waals surface area contributed by atoms with Crippen molar-refractivity contribution in [3.05, 3.63) is 35.1 Å². The molecule has 21 heavy (non-hydrogen) atoms. The average molecular weight is 295 g/mol. The number of nitrogens with zero attached hydrogens (tertiary/aromatic N) is 1. The Kier molecular flexibility index (Phi) is 4.27. The van der Waals surface area contributed by atoms with Gasteiger partial charge in [0.05, 0.1) is 6.61 Å². The van der Waals surface area contributed by atoms with Gasteiger partial charge in [-0.25, -0.2) is 9.18 Å². The lowest BCUT2D eigenvalue weighted by molar-refractivity contribution is -0.151. The highest BCUT2D eigenvalue weighted by molar-refractivity contribution is 5.99. The summed E-state index contributed by atoms with van der Waals surface area (Å²) in [6.45, 7) is 1.92. The molecule has 0 bridgehead atoms. The molecule has 1 fully saturated rings. The van der Waals surface area contributed by atoms with Gasteiger partial charge in [0, 0.05) is 19.2 Å². The maximum atomic E-state index is 13.2. The molecule has 1 unspecified atom stereocenters. The number of hydrogen-bond acceptors (Lipinski definition) is 3. The van der Waals surface area contributed by atoms with E-state index in [9.17, 15) is 19.1 Å². The van der Waals surface area contributed by atoms with Gasteiger partial charge in [-0.3, -0.25) is 4.79 Å². The number of hydrogen-bond donors (Lipinski definition) is 1. The first-order chi connectivity index (χ1) is 9.92. The minimum absolute atomic E-state index is 0.0612. The first-order valence-electron chi connectivity index (χ1n) is 6.73. The predicted octanol–water partition coefficient (Wildman–Crippen LogP) is 1.84. The monoisotopic (exact) mass is 295 g/mol. The Bertz CT molecular complexity index is 575. The van der Waals surface area contributed by atoms with Crippen LogP contribution in [-0.2, 0) is 9.53 Å². The maximum absolute atomic E-state index is 13.2. The lowest BCUT2D eigenvalue weighted by Gasteiger charge is -2.34. The Morgan fingerprint density at radius 1 is 1.48 bits per heavy atom. The zero-order valence-corrected chi connectivity index (χ0v) is 12.1. The Morgan fingerprint density at radius 2 is 2.19 bits per heavy atom. The molecule has 1 aromatic carbocycles. The highest BCUT2D eigenvalue weighted by Crippen LogP contribution is 2.32. The molecular formula is C15H18FNO4. The van der Waals surface area contributed by atoms with Crippen molar-refractivity contribution in [2.75, 3.05) is 20.3 Å². The quantitative estimate of drug-likeness (QED) is 0.920. The van der Waals surface area contributed by atoms with Gasteiger partial charge in [-0.05, 0) is 43.5 Å². The number of carboxylic acids is 1. The number of methoxy groups -OCH3 is 1. The molecule has 1 aliphatic rings. The molecule has 5 nitrogen and oxygen atoms in total. The Labute approximate surface area is 122 Å². The minimum atomic E-state index is -1.34. The van der Waals surface area contributed by atoms with Crippen LogP contribution in [0.5, 0.6) is 0 Å². The van der Waals surface area contributed by atoms with Gasteiger partial charge in [0.2, 0.25) is 0 Å². The first kappa shape index (κ1) is 15.4. The molecule has 1 heterocycles. The summed E-state index contributed by atoms with van der Waals surface area (Å²) in [6.07, 6.45) is 0.948. The van der Waals surface area contributed by atoms with Crippen molar-refractivity contribution < 1.29 is 23.8 Å². The van der Waals surface area contributed by atoms with Crippen LogP contribution in [0.4, 0.5) is 4.39 Å². The van der Waals surface area contributed by atoms with E-state index in [-0.39, 0.29) is 6.61 Å². The van der Waals surface area contributed by atoms with Crippen LogP contribution in [0.1, 0.15) is 28.8 Å². The molecule has 0 saturated carbocycles. The van der Waals surface area contributed by atoms with E-state index in [1.54, 1.807) is 6.92 Å². The molecule has 6 heteroatoms. The molecule has 114 valence electrons. The number of amides is 1. The minimum Gasteiger partial charge on any atom is -0.479 e. The van der Waals surface area contributed by atoms with Crippen LogP contribution in [0.2, 0.25) is 0 Å². The van der Waals surface area contributed by atoms with Gasteiger partial charge in [0.15, 0.2) is 5.54 Å². The molecule has 0 radical (unpaired) electrons. The Morgan fingerprint density at radius 3 is 2.76 bits per heavy atom. The second-order valence-corrected chi connectivity index (χ2v) is 5.29. The summed E-state index contributed by atoms with van der Waals surface area (Å²) in [7, 11) is 1.41. The van der Waals surface area contributed by atoms with Crippen molar-refractivity contribution in [1.82, 2.24) is 4.90 Å². The summed E-state index contributed by atoms with van der Waals surface area (Å²) in [4.78, 5) is 25.7. The van der Waals surface area contributed by atoms with E-state index in [1.165, 1.54) is 30.2 Å². The fourth-order valence-corrected chi connectivity index (χ4v) is 2.86. The molecule has 1 saturated heterocycles. The summed E-state index contributed by atoms with van der Waals surface area (Å²) in [5, 5.41) is 9.54. The highest BCUT2D eigenvalue weighted by Gasteiger charge is 2.50. The zero-order chi connectivity index (χ0) is 15.6. The van der Waals surface area contributed by atoms with Gasteiger partial charge in [-0.2, -0.15) is 0 Å². The number of aryl methyl sites for hydroxylation is 1. The normalized spacial score (nSPS) is 21.6. The number of likely N-dealkylation sites (tertiary alicyclic amines) is 1. The number of benzene rings is 1. The highest BCUT2D eigenvalue weighted by atomic mass is 19.1. The molecule has 1 atom stereocenters. The van der Waals surface area contributed by atoms with E-state index in [0.29, 0.717) is 30.5 Å². The van der Waals surface area contributed by atoms with E-state index in [1.807, 2.05) is 0 Å². The van der Waals surface area contributed by atoms with E-state index >= 15 is 0 Å². The van der Waals surface area contributed by atoms with Gasteiger partial charge in [-0.15, -0.1) is 0 Å². The number of carbonyl (C=O) groups excluding carboxylic acids is 1. The van der Waals surface area contributed by atoms with E-state index in [4.69, 9.17) is 4.74 Å². The summed E-state index contributed by atoms with van der Waals surface area (Å²) < 4.78 is 18.2. The van der Waals surface area contributed by atoms with Crippen LogP contribution in [0.15, 0.2) is 18.2 Å². The Balaban J connectivity index is 2.39. The molecule has 1 aliphatic heterocycles. The van der Waals surface area contributed by atoms with Crippen molar-refractivity contribution in [2.45, 2.75) is 25.3 Å². The number of aliphatic carboxylic acids is 1. The lowest BCUT2D eigenvalue weighted by Crippen LogP contribution is -2.56. The maximum Gasteiger partial charge on any atom is 0.332 e. The summed E-state index contributed by atoms with van der Waals surface area (Å²) in [5.74, 6) is -1.90. The molecule has 1 amide bonds. The van der Waals surface area contributed by atoms with E-state index < -0.39 is 23.2 Å². The zero-order valence-electron chi connectivity index (χ0n) is 12.1. The third kappa shape index (κ3) is 2.63. The van der Waals surface area contributed by atoms with Crippen molar-refractivity contribution in [2.24, 2.45) is 0 Å². The fourth-order valence-electron chi connectivity index (χ4n) is 2.86. The topological polar surface area (TPSA) is 66.8 Å². The third-order valence-corrected chi connectivity index (χ3v) is 3.93. The number of carbonyl (C=O) groups is 2. The van der Waals surface area contributed by atoms with Gasteiger partial charge in [0.25, 0.3) is 5.91 Å². The standard InChI is InChI=1S/C15H18FNO4/c1-10-8-11(16)4-5-12(10)13(18)17-7-3-6-15(17,9-21-2)14(19)20/h4-5,8H,3,6-7,9H2,1-2H3,(H,19,20). The average Bonchev–Trinajstić information content (AvgIpc) is 2.83. The number of halogens is 1. The Hall–Kier alpha value is -1.95. The summed E-state index contributed by atoms with van der Waals surface area (Å²) >= 11 is 0. The van der Waals surface area contributed by atoms with Crippen LogP contribution < -0.4 is 0 Å². The van der Waals surface area contributed by atoms with Crippen LogP contribution in [-0.4, -0.2) is 47.7 Å². The van der Waals surface area contributed by atoms with Crippen LogP contribution in [0, 0.1) is 12.7 Å². The van der Waals surface area contributed by atoms with Crippen molar-refractivity contribution in [3.63, 3.8) is 0 Å².